The molecule has 1 aromatic carbocycles. The fourth-order valence-corrected chi connectivity index (χ4v) is 1.63. The highest BCUT2D eigenvalue weighted by Gasteiger charge is 2.17. The third kappa shape index (κ3) is 2.83. The fraction of sp³-hybridized carbons (Fsp3) is 0.417. The number of carbonyl (C=O) groups is 1. The Hall–Kier alpha value is -0.870. The van der Waals surface area contributed by atoms with Gasteiger partial charge in [0.2, 0.25) is 0 Å². The molecule has 16 heavy (non-hydrogen) atoms. The summed E-state index contributed by atoms with van der Waals surface area (Å²) in [5, 5.41) is 9.00. The molecule has 1 N–H and O–H groups in total. The summed E-state index contributed by atoms with van der Waals surface area (Å²) in [6.07, 6.45) is 0. The van der Waals surface area contributed by atoms with Gasteiger partial charge in [-0.3, -0.25) is 4.79 Å². The van der Waals surface area contributed by atoms with E-state index in [1.165, 1.54) is 4.90 Å². The summed E-state index contributed by atoms with van der Waals surface area (Å²) in [6, 6.07) is 5.32. The summed E-state index contributed by atoms with van der Waals surface area (Å²) >= 11 is 3.40. The Bertz CT molecular complexity index is 393. The van der Waals surface area contributed by atoms with Crippen molar-refractivity contribution in [2.75, 3.05) is 13.7 Å². The van der Waals surface area contributed by atoms with Crippen LogP contribution < -0.4 is 0 Å². The molecule has 0 saturated carbocycles. The van der Waals surface area contributed by atoms with E-state index in [-0.39, 0.29) is 18.6 Å². The van der Waals surface area contributed by atoms with Gasteiger partial charge in [0.25, 0.3) is 5.91 Å². The first-order valence-electron chi connectivity index (χ1n) is 5.11. The van der Waals surface area contributed by atoms with Crippen molar-refractivity contribution in [2.45, 2.75) is 19.9 Å². The molecule has 0 heterocycles. The van der Waals surface area contributed by atoms with Gasteiger partial charge < -0.3 is 10.0 Å². The second kappa shape index (κ2) is 5.46. The van der Waals surface area contributed by atoms with Gasteiger partial charge in [-0.2, -0.15) is 0 Å². The first-order valence-corrected chi connectivity index (χ1v) is 5.90. The highest BCUT2D eigenvalue weighted by molar-refractivity contribution is 9.10. The van der Waals surface area contributed by atoms with Crippen LogP contribution in [0.25, 0.3) is 0 Å². The van der Waals surface area contributed by atoms with Gasteiger partial charge in [-0.15, -0.1) is 0 Å². The summed E-state index contributed by atoms with van der Waals surface area (Å²) in [7, 11) is 1.69. The third-order valence-corrected chi connectivity index (χ3v) is 3.52. The predicted octanol–water partition coefficient (Wildman–Crippen LogP) is 2.21. The Morgan fingerprint density at radius 2 is 2.19 bits per heavy atom. The van der Waals surface area contributed by atoms with E-state index in [1.54, 1.807) is 26.1 Å². The van der Waals surface area contributed by atoms with Gasteiger partial charge in [0, 0.05) is 17.1 Å². The molecule has 3 nitrogen and oxygen atoms in total. The van der Waals surface area contributed by atoms with Gasteiger partial charge in [0.1, 0.15) is 0 Å². The van der Waals surface area contributed by atoms with Crippen LogP contribution in [0.5, 0.6) is 0 Å². The number of hydrogen-bond donors (Lipinski definition) is 1. The average Bonchev–Trinajstić information content (AvgIpc) is 2.29. The van der Waals surface area contributed by atoms with Crippen molar-refractivity contribution in [3.8, 4) is 0 Å². The van der Waals surface area contributed by atoms with Crippen LogP contribution in [0.4, 0.5) is 0 Å². The summed E-state index contributed by atoms with van der Waals surface area (Å²) in [5.74, 6) is -0.0812. The zero-order valence-electron chi connectivity index (χ0n) is 9.70. The van der Waals surface area contributed by atoms with E-state index in [4.69, 9.17) is 5.11 Å². The first kappa shape index (κ1) is 13.2. The molecule has 0 fully saturated rings. The van der Waals surface area contributed by atoms with Gasteiger partial charge in [-0.25, -0.2) is 0 Å². The SMILES string of the molecule is Cc1ccc(C(=O)N(C)C(C)CO)cc1Br. The second-order valence-corrected chi connectivity index (χ2v) is 4.77. The number of likely N-dealkylation sites (N-methyl/N-ethyl adjacent to an activating group) is 1. The fourth-order valence-electron chi connectivity index (χ4n) is 1.25. The summed E-state index contributed by atoms with van der Waals surface area (Å²) < 4.78 is 0.920. The number of hydrogen-bond acceptors (Lipinski definition) is 2. The minimum Gasteiger partial charge on any atom is -0.394 e. The maximum atomic E-state index is 12.0. The van der Waals surface area contributed by atoms with E-state index in [9.17, 15) is 4.79 Å². The topological polar surface area (TPSA) is 40.5 Å². The van der Waals surface area contributed by atoms with Crippen LogP contribution in [0.15, 0.2) is 22.7 Å². The van der Waals surface area contributed by atoms with Crippen LogP contribution in [-0.4, -0.2) is 35.6 Å². The Morgan fingerprint density at radius 3 is 2.69 bits per heavy atom. The number of amides is 1. The molecule has 1 atom stereocenters. The lowest BCUT2D eigenvalue weighted by Gasteiger charge is -2.23. The van der Waals surface area contributed by atoms with Crippen LogP contribution in [0.1, 0.15) is 22.8 Å². The minimum atomic E-state index is -0.174. The van der Waals surface area contributed by atoms with Gasteiger partial charge in [-0.1, -0.05) is 22.0 Å². The Morgan fingerprint density at radius 1 is 1.56 bits per heavy atom. The number of nitrogens with zero attached hydrogens (tertiary/aromatic N) is 1. The number of benzene rings is 1. The number of aryl methyl sites for hydroxylation is 1. The maximum Gasteiger partial charge on any atom is 0.253 e. The number of carbonyl (C=O) groups excluding carboxylic acids is 1. The van der Waals surface area contributed by atoms with Crippen LogP contribution in [-0.2, 0) is 0 Å². The second-order valence-electron chi connectivity index (χ2n) is 3.91. The summed E-state index contributed by atoms with van der Waals surface area (Å²) in [5.41, 5.74) is 1.72. The molecular formula is C12H16BrNO2. The zero-order chi connectivity index (χ0) is 12.3. The molecule has 1 rings (SSSR count). The predicted molar refractivity (Wildman–Crippen MR) is 67.5 cm³/mol. The monoisotopic (exact) mass is 285 g/mol. The Kier molecular flexibility index (Phi) is 4.50. The first-order chi connectivity index (χ1) is 7.47. The molecule has 1 aromatic rings. The van der Waals surface area contributed by atoms with Crippen molar-refractivity contribution >= 4 is 21.8 Å². The van der Waals surface area contributed by atoms with Crippen LogP contribution in [0, 0.1) is 6.92 Å². The van der Waals surface area contributed by atoms with Crippen molar-refractivity contribution in [1.82, 2.24) is 4.90 Å². The smallest absolute Gasteiger partial charge is 0.253 e. The summed E-state index contributed by atoms with van der Waals surface area (Å²) in [4.78, 5) is 13.5. The molecule has 0 aromatic heterocycles. The van der Waals surface area contributed by atoms with E-state index in [0.29, 0.717) is 5.56 Å². The molecule has 0 radical (unpaired) electrons. The highest BCUT2D eigenvalue weighted by atomic mass is 79.9. The molecule has 1 unspecified atom stereocenters. The van der Waals surface area contributed by atoms with Gasteiger partial charge in [-0.05, 0) is 31.5 Å². The van der Waals surface area contributed by atoms with Crippen LogP contribution >= 0.6 is 15.9 Å². The van der Waals surface area contributed by atoms with Crippen molar-refractivity contribution in [3.05, 3.63) is 33.8 Å². The van der Waals surface area contributed by atoms with E-state index >= 15 is 0 Å². The zero-order valence-corrected chi connectivity index (χ0v) is 11.3. The van der Waals surface area contributed by atoms with Crippen molar-refractivity contribution in [1.29, 1.82) is 0 Å². The number of aliphatic hydroxyl groups excluding tert-OH is 1. The van der Waals surface area contributed by atoms with E-state index in [2.05, 4.69) is 15.9 Å². The average molecular weight is 286 g/mol. The lowest BCUT2D eigenvalue weighted by Crippen LogP contribution is -2.37. The molecule has 0 spiro atoms. The van der Waals surface area contributed by atoms with E-state index in [0.717, 1.165) is 10.0 Å². The molecule has 0 aliphatic rings. The third-order valence-electron chi connectivity index (χ3n) is 2.66. The standard InChI is InChI=1S/C12H16BrNO2/c1-8-4-5-10(6-11(8)13)12(16)14(3)9(2)7-15/h4-6,9,15H,7H2,1-3H3. The molecule has 0 bridgehead atoms. The Labute approximate surface area is 104 Å². The Balaban J connectivity index is 2.92. The number of aliphatic hydroxyl groups is 1. The molecule has 0 saturated heterocycles. The van der Waals surface area contributed by atoms with Crippen molar-refractivity contribution in [3.63, 3.8) is 0 Å². The number of rotatable bonds is 3. The highest BCUT2D eigenvalue weighted by Crippen LogP contribution is 2.18. The van der Waals surface area contributed by atoms with E-state index < -0.39 is 0 Å². The van der Waals surface area contributed by atoms with Gasteiger partial charge in [0.05, 0.1) is 12.6 Å². The van der Waals surface area contributed by atoms with Crippen LogP contribution in [0.2, 0.25) is 0 Å². The van der Waals surface area contributed by atoms with Crippen LogP contribution in [0.3, 0.4) is 0 Å². The lowest BCUT2D eigenvalue weighted by atomic mass is 10.1. The molecule has 0 aliphatic heterocycles. The van der Waals surface area contributed by atoms with Crippen molar-refractivity contribution in [2.24, 2.45) is 0 Å². The maximum absolute atomic E-state index is 12.0. The summed E-state index contributed by atoms with van der Waals surface area (Å²) in [6.45, 7) is 3.74. The molecule has 4 heteroatoms. The molecule has 88 valence electrons. The molecule has 0 aliphatic carbocycles. The van der Waals surface area contributed by atoms with E-state index in [1.807, 2.05) is 13.0 Å². The largest absolute Gasteiger partial charge is 0.394 e. The number of halogens is 1. The van der Waals surface area contributed by atoms with Crippen molar-refractivity contribution < 1.29 is 9.90 Å². The van der Waals surface area contributed by atoms with Gasteiger partial charge >= 0.3 is 0 Å². The normalized spacial score (nSPS) is 12.3. The molecular weight excluding hydrogens is 270 g/mol. The minimum absolute atomic E-state index is 0.0325. The molecule has 1 amide bonds. The van der Waals surface area contributed by atoms with Gasteiger partial charge in [0.15, 0.2) is 0 Å². The quantitative estimate of drug-likeness (QED) is 0.925. The lowest BCUT2D eigenvalue weighted by molar-refractivity contribution is 0.0682.